The maximum atomic E-state index is 11.8. The van der Waals surface area contributed by atoms with Crippen LogP contribution in [0.1, 0.15) is 53.4 Å². The summed E-state index contributed by atoms with van der Waals surface area (Å²) in [7, 11) is 0. The van der Waals surface area contributed by atoms with Gasteiger partial charge in [-0.1, -0.05) is 48.8 Å². The number of halogens is 1. The summed E-state index contributed by atoms with van der Waals surface area (Å²) >= 11 is 2.07. The van der Waals surface area contributed by atoms with Crippen molar-refractivity contribution < 1.29 is 42.8 Å². The van der Waals surface area contributed by atoms with E-state index < -0.39 is 48.6 Å². The molecule has 1 fully saturated rings. The number of esters is 3. The smallest absolute Gasteiger partial charge is 0.303 e. The minimum Gasteiger partial charge on any atom is -0.494 e. The zero-order chi connectivity index (χ0) is 25.1. The van der Waals surface area contributed by atoms with E-state index in [2.05, 4.69) is 29.5 Å². The van der Waals surface area contributed by atoms with Gasteiger partial charge in [-0.2, -0.15) is 0 Å². The molecule has 0 bridgehead atoms. The first-order chi connectivity index (χ1) is 16.2. The number of hydrogen-bond acceptors (Lipinski definition) is 9. The van der Waals surface area contributed by atoms with Gasteiger partial charge in [0.2, 0.25) is 12.4 Å². The Kier molecular flexibility index (Phi) is 11.9. The molecule has 34 heavy (non-hydrogen) atoms. The molecular formula is C24H33IO9. The van der Waals surface area contributed by atoms with Crippen molar-refractivity contribution in [2.45, 2.75) is 84.1 Å². The van der Waals surface area contributed by atoms with Crippen LogP contribution in [0, 0.1) is 0 Å². The van der Waals surface area contributed by atoms with Crippen molar-refractivity contribution in [2.24, 2.45) is 0 Å². The van der Waals surface area contributed by atoms with Gasteiger partial charge in [-0.15, -0.1) is 0 Å². The lowest BCUT2D eigenvalue weighted by Gasteiger charge is -2.43. The lowest BCUT2D eigenvalue weighted by Crippen LogP contribution is -2.63. The van der Waals surface area contributed by atoms with Gasteiger partial charge in [0.25, 0.3) is 0 Å². The third-order valence-electron chi connectivity index (χ3n) is 4.99. The number of carbonyl (C=O) groups excluding carboxylic acids is 3. The molecule has 1 aliphatic rings. The van der Waals surface area contributed by atoms with Crippen LogP contribution in [0.15, 0.2) is 24.3 Å². The number of ether oxygens (including phenoxy) is 6. The Morgan fingerprint density at radius 2 is 1.38 bits per heavy atom. The normalized spacial score (nSPS) is 24.1. The van der Waals surface area contributed by atoms with Crippen LogP contribution in [-0.2, 0) is 33.3 Å². The Labute approximate surface area is 213 Å². The van der Waals surface area contributed by atoms with Crippen LogP contribution >= 0.6 is 22.6 Å². The fourth-order valence-corrected chi connectivity index (χ4v) is 4.25. The number of hydrogen-bond donors (Lipinski definition) is 0. The molecule has 1 saturated heterocycles. The average Bonchev–Trinajstić information content (AvgIpc) is 2.77. The zero-order valence-corrected chi connectivity index (χ0v) is 22.1. The predicted octanol–water partition coefficient (Wildman–Crippen LogP) is 3.98. The molecule has 0 aliphatic carbocycles. The van der Waals surface area contributed by atoms with Crippen LogP contribution in [0.2, 0.25) is 0 Å². The van der Waals surface area contributed by atoms with E-state index in [1.54, 1.807) is 24.3 Å². The van der Waals surface area contributed by atoms with E-state index in [9.17, 15) is 14.4 Å². The highest BCUT2D eigenvalue weighted by molar-refractivity contribution is 14.1. The fourth-order valence-electron chi connectivity index (χ4n) is 3.54. The third-order valence-corrected chi connectivity index (χ3v) is 5.86. The van der Waals surface area contributed by atoms with E-state index in [0.29, 0.717) is 22.5 Å². The van der Waals surface area contributed by atoms with Crippen LogP contribution in [0.4, 0.5) is 0 Å². The van der Waals surface area contributed by atoms with Gasteiger partial charge in [0.1, 0.15) is 17.6 Å². The molecular weight excluding hydrogens is 559 g/mol. The highest BCUT2D eigenvalue weighted by Crippen LogP contribution is 2.32. The van der Waals surface area contributed by atoms with Gasteiger partial charge >= 0.3 is 17.9 Å². The van der Waals surface area contributed by atoms with Gasteiger partial charge in [0, 0.05) is 25.2 Å². The Morgan fingerprint density at radius 3 is 1.94 bits per heavy atom. The third kappa shape index (κ3) is 8.94. The summed E-state index contributed by atoms with van der Waals surface area (Å²) in [5.74, 6) is -0.664. The summed E-state index contributed by atoms with van der Waals surface area (Å²) in [6.45, 7) is 6.49. The van der Waals surface area contributed by atoms with E-state index in [-0.39, 0.29) is 0 Å². The molecule has 1 heterocycles. The van der Waals surface area contributed by atoms with Crippen LogP contribution in [0.3, 0.4) is 0 Å². The molecule has 0 spiro atoms. The Balaban J connectivity index is 2.18. The number of alkyl halides is 1. The first-order valence-corrected chi connectivity index (χ1v) is 12.9. The summed E-state index contributed by atoms with van der Waals surface area (Å²) in [6.07, 6.45) is -0.500. The van der Waals surface area contributed by atoms with E-state index in [1.807, 2.05) is 0 Å². The quantitative estimate of drug-likeness (QED) is 0.117. The topological polar surface area (TPSA) is 107 Å². The van der Waals surface area contributed by atoms with Gasteiger partial charge in [0.05, 0.1) is 6.61 Å². The number of unbranched alkanes of at least 4 members (excludes halogenated alkanes) is 3. The summed E-state index contributed by atoms with van der Waals surface area (Å²) in [4.78, 5) is 35.3. The highest BCUT2D eigenvalue weighted by Gasteiger charge is 2.52. The summed E-state index contributed by atoms with van der Waals surface area (Å²) in [6, 6.07) is 6.99. The van der Waals surface area contributed by atoms with Gasteiger partial charge in [-0.25, -0.2) is 0 Å². The number of benzene rings is 1. The fraction of sp³-hybridized carbons (Fsp3) is 0.625. The Morgan fingerprint density at radius 1 is 0.824 bits per heavy atom. The second-order valence-corrected chi connectivity index (χ2v) is 8.80. The van der Waals surface area contributed by atoms with Gasteiger partial charge in [-0.05, 0) is 30.7 Å². The second kappa shape index (κ2) is 14.3. The van der Waals surface area contributed by atoms with E-state index in [4.69, 9.17) is 28.4 Å². The van der Waals surface area contributed by atoms with Crippen molar-refractivity contribution in [3.63, 3.8) is 0 Å². The van der Waals surface area contributed by atoms with Crippen molar-refractivity contribution in [1.29, 1.82) is 0 Å². The minimum absolute atomic E-state index is 0.408. The molecule has 1 aromatic carbocycles. The molecule has 0 unspecified atom stereocenters. The van der Waals surface area contributed by atoms with Crippen molar-refractivity contribution in [3.05, 3.63) is 24.3 Å². The number of carbonyl (C=O) groups is 3. The Bertz CT molecular complexity index is 798. The largest absolute Gasteiger partial charge is 0.494 e. The first-order valence-electron chi connectivity index (χ1n) is 11.4. The first kappa shape index (κ1) is 28.2. The SMILES string of the molecule is CCCCCCOc1ccc(O[C@@H]2O[C@H](CI)[C@H](OC(C)=O)[C@@H](OC(C)=O)[C@@H]2OC(C)=O)cc1. The van der Waals surface area contributed by atoms with Crippen molar-refractivity contribution >= 4 is 40.5 Å². The monoisotopic (exact) mass is 592 g/mol. The van der Waals surface area contributed by atoms with Crippen LogP contribution in [-0.4, -0.2) is 59.6 Å². The summed E-state index contributed by atoms with van der Waals surface area (Å²) in [5, 5.41) is 0. The molecule has 0 radical (unpaired) electrons. The average molecular weight is 592 g/mol. The van der Waals surface area contributed by atoms with Crippen molar-refractivity contribution in [2.75, 3.05) is 11.0 Å². The van der Waals surface area contributed by atoms with Crippen molar-refractivity contribution in [1.82, 2.24) is 0 Å². The maximum Gasteiger partial charge on any atom is 0.303 e. The molecule has 1 aromatic rings. The lowest BCUT2D eigenvalue weighted by atomic mass is 9.99. The predicted molar refractivity (Wildman–Crippen MR) is 131 cm³/mol. The van der Waals surface area contributed by atoms with Crippen LogP contribution in [0.25, 0.3) is 0 Å². The van der Waals surface area contributed by atoms with Crippen molar-refractivity contribution in [3.8, 4) is 11.5 Å². The minimum atomic E-state index is -1.15. The molecule has 0 saturated carbocycles. The molecule has 5 atom stereocenters. The molecule has 9 nitrogen and oxygen atoms in total. The zero-order valence-electron chi connectivity index (χ0n) is 20.0. The molecule has 0 aromatic heterocycles. The summed E-state index contributed by atoms with van der Waals surface area (Å²) in [5.41, 5.74) is 0. The molecule has 2 rings (SSSR count). The van der Waals surface area contributed by atoms with E-state index in [1.165, 1.54) is 33.6 Å². The molecule has 1 aliphatic heterocycles. The molecule has 10 heteroatoms. The van der Waals surface area contributed by atoms with E-state index in [0.717, 1.165) is 12.8 Å². The number of rotatable bonds is 12. The lowest BCUT2D eigenvalue weighted by molar-refractivity contribution is -0.279. The highest BCUT2D eigenvalue weighted by atomic mass is 127. The second-order valence-electron chi connectivity index (χ2n) is 7.92. The van der Waals surface area contributed by atoms with Gasteiger partial charge in [-0.3, -0.25) is 14.4 Å². The Hall–Kier alpha value is -2.08. The van der Waals surface area contributed by atoms with Gasteiger partial charge < -0.3 is 28.4 Å². The maximum absolute atomic E-state index is 11.8. The standard InChI is InChI=1S/C24H33IO9/c1-5-6-7-8-13-29-18-9-11-19(12-10-18)33-24-23(32-17(4)28)22(31-16(3)27)21(30-15(2)26)20(14-25)34-24/h9-12,20-24H,5-8,13-14H2,1-4H3/t20-,21+,22-,23+,24-/m1/s1. The van der Waals surface area contributed by atoms with Crippen LogP contribution < -0.4 is 9.47 Å². The molecule has 190 valence electrons. The molecule has 0 amide bonds. The van der Waals surface area contributed by atoms with E-state index >= 15 is 0 Å². The molecule has 0 N–H and O–H groups in total. The van der Waals surface area contributed by atoms with Gasteiger partial charge in [0.15, 0.2) is 12.2 Å². The van der Waals surface area contributed by atoms with Crippen LogP contribution in [0.5, 0.6) is 11.5 Å². The summed E-state index contributed by atoms with van der Waals surface area (Å²) < 4.78 is 34.4.